The number of carbonyl (C=O) groups is 2. The summed E-state index contributed by atoms with van der Waals surface area (Å²) in [7, 11) is 3.86. The zero-order chi connectivity index (χ0) is 19.1. The van der Waals surface area contributed by atoms with Gasteiger partial charge >= 0.3 is 0 Å². The molecule has 2 aromatic rings. The van der Waals surface area contributed by atoms with E-state index in [1.54, 1.807) is 42.5 Å². The summed E-state index contributed by atoms with van der Waals surface area (Å²) in [6.45, 7) is 2.60. The highest BCUT2D eigenvalue weighted by atomic mass is 16.2. The molecular formula is C20H24N4O2. The van der Waals surface area contributed by atoms with Gasteiger partial charge in [-0.25, -0.2) is 0 Å². The zero-order valence-electron chi connectivity index (χ0n) is 15.2. The highest BCUT2D eigenvalue weighted by Crippen LogP contribution is 2.18. The molecule has 0 heterocycles. The van der Waals surface area contributed by atoms with Gasteiger partial charge < -0.3 is 21.3 Å². The number of amides is 2. The van der Waals surface area contributed by atoms with Gasteiger partial charge in [-0.05, 0) is 63.0 Å². The van der Waals surface area contributed by atoms with Crippen LogP contribution < -0.4 is 16.4 Å². The van der Waals surface area contributed by atoms with Gasteiger partial charge in [0.1, 0.15) is 0 Å². The predicted molar refractivity (Wildman–Crippen MR) is 106 cm³/mol. The van der Waals surface area contributed by atoms with Crippen LogP contribution in [0.5, 0.6) is 0 Å². The fraction of sp³-hybridized carbons (Fsp3) is 0.200. The standard InChI is InChI=1S/C20H24N4O2/c1-14-6-9-17(13-18(14)21)23-20(26)15-7-10-16(11-8-15)22-19(25)5-4-12-24(2)3/h4-11,13H,12,21H2,1-3H3,(H,22,25)(H,23,26)/b5-4+. The number of anilines is 3. The van der Waals surface area contributed by atoms with Gasteiger partial charge in [0.15, 0.2) is 0 Å². The summed E-state index contributed by atoms with van der Waals surface area (Å²) in [5.41, 5.74) is 9.20. The van der Waals surface area contributed by atoms with E-state index >= 15 is 0 Å². The van der Waals surface area contributed by atoms with E-state index in [2.05, 4.69) is 10.6 Å². The van der Waals surface area contributed by atoms with E-state index < -0.39 is 0 Å². The van der Waals surface area contributed by atoms with Crippen LogP contribution in [0.25, 0.3) is 0 Å². The number of rotatable bonds is 6. The number of nitrogens with one attached hydrogen (secondary N) is 2. The first-order valence-corrected chi connectivity index (χ1v) is 8.25. The summed E-state index contributed by atoms with van der Waals surface area (Å²) < 4.78 is 0. The molecule has 0 saturated heterocycles. The van der Waals surface area contributed by atoms with Gasteiger partial charge in [0.2, 0.25) is 5.91 Å². The van der Waals surface area contributed by atoms with Crippen molar-refractivity contribution in [3.05, 3.63) is 65.7 Å². The van der Waals surface area contributed by atoms with Crippen LogP contribution in [0, 0.1) is 6.92 Å². The number of benzene rings is 2. The molecule has 4 N–H and O–H groups in total. The Morgan fingerprint density at radius 2 is 1.69 bits per heavy atom. The lowest BCUT2D eigenvalue weighted by molar-refractivity contribution is -0.111. The number of nitrogens with zero attached hydrogens (tertiary/aromatic N) is 1. The second kappa shape index (κ2) is 8.82. The van der Waals surface area contributed by atoms with Crippen molar-refractivity contribution in [2.45, 2.75) is 6.92 Å². The van der Waals surface area contributed by atoms with Crippen LogP contribution in [-0.2, 0) is 4.79 Å². The lowest BCUT2D eigenvalue weighted by Crippen LogP contribution is -2.14. The van der Waals surface area contributed by atoms with Gasteiger partial charge in [-0.3, -0.25) is 9.59 Å². The number of aryl methyl sites for hydroxylation is 1. The molecule has 6 heteroatoms. The normalized spacial score (nSPS) is 10.9. The third-order valence-electron chi connectivity index (χ3n) is 3.69. The zero-order valence-corrected chi connectivity index (χ0v) is 15.2. The maximum Gasteiger partial charge on any atom is 0.255 e. The van der Waals surface area contributed by atoms with Crippen LogP contribution in [-0.4, -0.2) is 37.4 Å². The minimum absolute atomic E-state index is 0.209. The molecule has 0 aliphatic rings. The average Bonchev–Trinajstić information content (AvgIpc) is 2.58. The fourth-order valence-electron chi connectivity index (χ4n) is 2.18. The highest BCUT2D eigenvalue weighted by Gasteiger charge is 2.07. The Morgan fingerprint density at radius 1 is 1.04 bits per heavy atom. The summed E-state index contributed by atoms with van der Waals surface area (Å²) in [5, 5.41) is 5.56. The second-order valence-electron chi connectivity index (χ2n) is 6.26. The van der Waals surface area contributed by atoms with E-state index in [0.29, 0.717) is 29.2 Å². The Morgan fingerprint density at radius 3 is 2.31 bits per heavy atom. The van der Waals surface area contributed by atoms with E-state index in [9.17, 15) is 9.59 Å². The van der Waals surface area contributed by atoms with Crippen molar-refractivity contribution in [2.24, 2.45) is 0 Å². The summed E-state index contributed by atoms with van der Waals surface area (Å²) >= 11 is 0. The molecule has 136 valence electrons. The van der Waals surface area contributed by atoms with E-state index in [4.69, 9.17) is 5.73 Å². The maximum absolute atomic E-state index is 12.3. The molecule has 2 amide bonds. The molecule has 0 spiro atoms. The predicted octanol–water partition coefficient (Wildman–Crippen LogP) is 2.89. The molecule has 0 bridgehead atoms. The first kappa shape index (κ1) is 19.2. The van der Waals surface area contributed by atoms with Crippen molar-refractivity contribution >= 4 is 28.9 Å². The van der Waals surface area contributed by atoms with Gasteiger partial charge in [0, 0.05) is 35.2 Å². The van der Waals surface area contributed by atoms with E-state index in [-0.39, 0.29) is 11.8 Å². The molecule has 0 radical (unpaired) electrons. The van der Waals surface area contributed by atoms with Crippen molar-refractivity contribution < 1.29 is 9.59 Å². The van der Waals surface area contributed by atoms with Crippen molar-refractivity contribution in [3.63, 3.8) is 0 Å². The van der Waals surface area contributed by atoms with Crippen LogP contribution >= 0.6 is 0 Å². The van der Waals surface area contributed by atoms with Crippen molar-refractivity contribution in [1.29, 1.82) is 0 Å². The summed E-state index contributed by atoms with van der Waals surface area (Å²) in [4.78, 5) is 26.1. The molecular weight excluding hydrogens is 328 g/mol. The van der Waals surface area contributed by atoms with Crippen LogP contribution in [0.3, 0.4) is 0 Å². The number of carbonyl (C=O) groups excluding carboxylic acids is 2. The van der Waals surface area contributed by atoms with Gasteiger partial charge in [-0.2, -0.15) is 0 Å². The molecule has 0 aliphatic carbocycles. The Balaban J connectivity index is 1.95. The average molecular weight is 352 g/mol. The molecule has 0 atom stereocenters. The van der Waals surface area contributed by atoms with Crippen molar-refractivity contribution in [3.8, 4) is 0 Å². The molecule has 6 nitrogen and oxygen atoms in total. The van der Waals surface area contributed by atoms with Crippen LogP contribution in [0.4, 0.5) is 17.1 Å². The molecule has 0 unspecified atom stereocenters. The smallest absolute Gasteiger partial charge is 0.255 e. The highest BCUT2D eigenvalue weighted by molar-refractivity contribution is 6.05. The van der Waals surface area contributed by atoms with Crippen molar-refractivity contribution in [2.75, 3.05) is 37.0 Å². The number of hydrogen-bond donors (Lipinski definition) is 3. The monoisotopic (exact) mass is 352 g/mol. The SMILES string of the molecule is Cc1ccc(NC(=O)c2ccc(NC(=O)/C=C/CN(C)C)cc2)cc1N. The quantitative estimate of drug-likeness (QED) is 0.551. The summed E-state index contributed by atoms with van der Waals surface area (Å²) in [5.74, 6) is -0.448. The van der Waals surface area contributed by atoms with Crippen molar-refractivity contribution in [1.82, 2.24) is 4.90 Å². The summed E-state index contributed by atoms with van der Waals surface area (Å²) in [6, 6.07) is 12.1. The Hall–Kier alpha value is -3.12. The third kappa shape index (κ3) is 5.75. The Kier molecular flexibility index (Phi) is 6.52. The molecule has 2 aromatic carbocycles. The molecule has 0 fully saturated rings. The first-order valence-electron chi connectivity index (χ1n) is 8.25. The first-order chi connectivity index (χ1) is 12.3. The Labute approximate surface area is 153 Å². The van der Waals surface area contributed by atoms with E-state index in [0.717, 1.165) is 5.56 Å². The number of hydrogen-bond acceptors (Lipinski definition) is 4. The minimum atomic E-state index is -0.239. The van der Waals surface area contributed by atoms with Crippen LogP contribution in [0.15, 0.2) is 54.6 Å². The van der Waals surface area contributed by atoms with Gasteiger partial charge in [0.05, 0.1) is 0 Å². The lowest BCUT2D eigenvalue weighted by Gasteiger charge is -2.08. The Bertz CT molecular complexity index is 811. The number of nitrogens with two attached hydrogens (primary N) is 1. The van der Waals surface area contributed by atoms with E-state index in [1.807, 2.05) is 32.0 Å². The van der Waals surface area contributed by atoms with Gasteiger partial charge in [-0.15, -0.1) is 0 Å². The van der Waals surface area contributed by atoms with Crippen LogP contribution in [0.1, 0.15) is 15.9 Å². The maximum atomic E-state index is 12.3. The van der Waals surface area contributed by atoms with Gasteiger partial charge in [0.25, 0.3) is 5.91 Å². The molecule has 0 aromatic heterocycles. The molecule has 2 rings (SSSR count). The second-order valence-corrected chi connectivity index (χ2v) is 6.26. The van der Waals surface area contributed by atoms with Gasteiger partial charge in [-0.1, -0.05) is 12.1 Å². The largest absolute Gasteiger partial charge is 0.398 e. The minimum Gasteiger partial charge on any atom is -0.398 e. The summed E-state index contributed by atoms with van der Waals surface area (Å²) in [6.07, 6.45) is 3.27. The number of likely N-dealkylation sites (N-methyl/N-ethyl adjacent to an activating group) is 1. The van der Waals surface area contributed by atoms with E-state index in [1.165, 1.54) is 6.08 Å². The lowest BCUT2D eigenvalue weighted by atomic mass is 10.1. The van der Waals surface area contributed by atoms with Crippen LogP contribution in [0.2, 0.25) is 0 Å². The molecule has 0 aliphatic heterocycles. The fourth-order valence-corrected chi connectivity index (χ4v) is 2.18. The third-order valence-corrected chi connectivity index (χ3v) is 3.69. The number of nitrogen functional groups attached to an aromatic ring is 1. The molecule has 0 saturated carbocycles. The topological polar surface area (TPSA) is 87.5 Å². The molecule has 26 heavy (non-hydrogen) atoms.